The molecule has 0 amide bonds. The molecule has 2 bridgehead atoms. The van der Waals surface area contributed by atoms with Crippen molar-refractivity contribution >= 4 is 17.3 Å². The van der Waals surface area contributed by atoms with Gasteiger partial charge >= 0.3 is 0 Å². The van der Waals surface area contributed by atoms with E-state index in [2.05, 4.69) is 46.2 Å². The largest absolute Gasteiger partial charge is 0.372 e. The maximum atomic E-state index is 6.19. The highest BCUT2D eigenvalue weighted by atomic mass is 35.5. The Morgan fingerprint density at radius 1 is 0.923 bits per heavy atom. The molecule has 2 aliphatic heterocycles. The Morgan fingerprint density at radius 2 is 1.81 bits per heavy atom. The average molecular weight is 367 g/mol. The molecule has 1 aliphatic carbocycles. The number of likely N-dealkylation sites (tertiary alicyclic amines) is 1. The van der Waals surface area contributed by atoms with Crippen LogP contribution in [0.3, 0.4) is 0 Å². The zero-order valence-corrected chi connectivity index (χ0v) is 16.1. The number of piperidine rings is 2. The fourth-order valence-corrected chi connectivity index (χ4v) is 5.46. The smallest absolute Gasteiger partial charge is 0.0409 e. The van der Waals surface area contributed by atoms with Crippen molar-refractivity contribution in [2.75, 3.05) is 24.5 Å². The Labute approximate surface area is 161 Å². The van der Waals surface area contributed by atoms with Crippen molar-refractivity contribution in [3.8, 4) is 0 Å². The van der Waals surface area contributed by atoms with E-state index < -0.39 is 0 Å². The van der Waals surface area contributed by atoms with Gasteiger partial charge in [-0.3, -0.25) is 4.90 Å². The minimum Gasteiger partial charge on any atom is -0.372 e. The summed E-state index contributed by atoms with van der Waals surface area (Å²) in [5.74, 6) is 0.760. The molecule has 0 N–H and O–H groups in total. The van der Waals surface area contributed by atoms with Crippen LogP contribution < -0.4 is 4.90 Å². The molecule has 5 rings (SSSR count). The molecule has 2 saturated heterocycles. The molecule has 2 heterocycles. The molecule has 3 heteroatoms. The quantitative estimate of drug-likeness (QED) is 0.680. The van der Waals surface area contributed by atoms with E-state index in [0.717, 1.165) is 17.5 Å². The third-order valence-corrected chi connectivity index (χ3v) is 6.81. The van der Waals surface area contributed by atoms with Gasteiger partial charge in [-0.05, 0) is 85.5 Å². The highest BCUT2D eigenvalue weighted by Crippen LogP contribution is 2.50. The second-order valence-corrected chi connectivity index (χ2v) is 8.63. The first-order valence-corrected chi connectivity index (χ1v) is 10.5. The number of anilines is 1. The molecule has 2 atom stereocenters. The molecule has 26 heavy (non-hydrogen) atoms. The Hall–Kier alpha value is -1.51. The van der Waals surface area contributed by atoms with Crippen molar-refractivity contribution in [3.05, 3.63) is 64.2 Å². The van der Waals surface area contributed by atoms with Crippen LogP contribution in [-0.4, -0.2) is 24.5 Å². The topological polar surface area (TPSA) is 6.48 Å². The van der Waals surface area contributed by atoms with E-state index in [4.69, 9.17) is 11.6 Å². The minimum atomic E-state index is 0.582. The Bertz CT molecular complexity index is 797. The fourth-order valence-electron chi connectivity index (χ4n) is 5.25. The van der Waals surface area contributed by atoms with Crippen molar-refractivity contribution < 1.29 is 0 Å². The third kappa shape index (κ3) is 3.04. The predicted octanol–water partition coefficient (Wildman–Crippen LogP) is 5.76. The van der Waals surface area contributed by atoms with Gasteiger partial charge < -0.3 is 4.90 Å². The molecule has 0 spiro atoms. The lowest BCUT2D eigenvalue weighted by Gasteiger charge is -2.33. The molecule has 2 aromatic rings. The number of hydrogen-bond acceptors (Lipinski definition) is 2. The highest BCUT2D eigenvalue weighted by Gasteiger charge is 2.38. The molecule has 136 valence electrons. The van der Waals surface area contributed by atoms with Gasteiger partial charge in [0.05, 0.1) is 0 Å². The summed E-state index contributed by atoms with van der Waals surface area (Å²) >= 11 is 6.19. The number of rotatable bonds is 3. The zero-order chi connectivity index (χ0) is 17.5. The van der Waals surface area contributed by atoms with E-state index in [1.54, 1.807) is 11.1 Å². The lowest BCUT2D eigenvalue weighted by atomic mass is 9.95. The molecule has 2 fully saturated rings. The third-order valence-electron chi connectivity index (χ3n) is 6.58. The van der Waals surface area contributed by atoms with E-state index in [0.29, 0.717) is 6.04 Å². The van der Waals surface area contributed by atoms with Crippen LogP contribution in [0, 0.1) is 0 Å². The van der Waals surface area contributed by atoms with Gasteiger partial charge in [-0.25, -0.2) is 0 Å². The summed E-state index contributed by atoms with van der Waals surface area (Å²) < 4.78 is 0. The minimum absolute atomic E-state index is 0.582. The molecule has 3 aliphatic rings. The van der Waals surface area contributed by atoms with Crippen LogP contribution in [0.5, 0.6) is 0 Å². The number of nitrogens with zero attached hydrogens (tertiary/aromatic N) is 2. The van der Waals surface area contributed by atoms with E-state index >= 15 is 0 Å². The van der Waals surface area contributed by atoms with Crippen molar-refractivity contribution in [2.45, 2.75) is 50.6 Å². The Morgan fingerprint density at radius 3 is 2.65 bits per heavy atom. The van der Waals surface area contributed by atoms with E-state index in [9.17, 15) is 0 Å². The molecule has 0 unspecified atom stereocenters. The maximum absolute atomic E-state index is 6.19. The number of fused-ring (bicyclic) bond motifs is 5. The van der Waals surface area contributed by atoms with E-state index in [1.807, 2.05) is 6.07 Å². The highest BCUT2D eigenvalue weighted by molar-refractivity contribution is 6.30. The molecule has 2 aromatic carbocycles. The first-order chi connectivity index (χ1) is 12.8. The van der Waals surface area contributed by atoms with Crippen LogP contribution in [-0.2, 0) is 6.54 Å². The van der Waals surface area contributed by atoms with E-state index in [-0.39, 0.29) is 0 Å². The van der Waals surface area contributed by atoms with Gasteiger partial charge in [-0.2, -0.15) is 0 Å². The summed E-state index contributed by atoms with van der Waals surface area (Å²) in [5, 5.41) is 0.843. The first kappa shape index (κ1) is 16.6. The van der Waals surface area contributed by atoms with Crippen molar-refractivity contribution in [3.63, 3.8) is 0 Å². The fraction of sp³-hybridized carbons (Fsp3) is 0.478. The predicted molar refractivity (Wildman–Crippen MR) is 109 cm³/mol. The van der Waals surface area contributed by atoms with Gasteiger partial charge in [0.15, 0.2) is 0 Å². The van der Waals surface area contributed by atoms with Crippen molar-refractivity contribution in [2.24, 2.45) is 0 Å². The first-order valence-electron chi connectivity index (χ1n) is 10.2. The van der Waals surface area contributed by atoms with Crippen molar-refractivity contribution in [1.82, 2.24) is 4.90 Å². The molecule has 2 nitrogen and oxygen atoms in total. The zero-order valence-electron chi connectivity index (χ0n) is 15.3. The lowest BCUT2D eigenvalue weighted by Crippen LogP contribution is -2.31. The van der Waals surface area contributed by atoms with Gasteiger partial charge in [0.25, 0.3) is 0 Å². The molecule has 0 radical (unpaired) electrons. The standard InChI is InChI=1S/C23H27ClN2/c24-19-6-4-5-17(13-19)16-26-12-9-18-14-23(26)21-8-7-20(15-22(18)21)25-10-2-1-3-11-25/h4-8,13,15,18,23H,1-3,9-12,14,16H2/t18-,23-/m1/s1. The van der Waals surface area contributed by atoms with Gasteiger partial charge in [0.1, 0.15) is 0 Å². The van der Waals surface area contributed by atoms with Crippen LogP contribution in [0.2, 0.25) is 5.02 Å². The SMILES string of the molecule is Clc1cccc(CN2CC[C@@H]3C[C@@H]2c2ccc(N4CCCCC4)cc23)c1. The monoisotopic (exact) mass is 366 g/mol. The second kappa shape index (κ2) is 6.90. The van der Waals surface area contributed by atoms with Crippen molar-refractivity contribution in [1.29, 1.82) is 0 Å². The molecular formula is C23H27ClN2. The number of benzene rings is 2. The van der Waals surface area contributed by atoms with Gasteiger partial charge in [-0.15, -0.1) is 0 Å². The summed E-state index contributed by atoms with van der Waals surface area (Å²) in [6, 6.07) is 16.3. The summed E-state index contributed by atoms with van der Waals surface area (Å²) in [4.78, 5) is 5.25. The van der Waals surface area contributed by atoms with Crippen LogP contribution in [0.15, 0.2) is 42.5 Å². The van der Waals surface area contributed by atoms with Crippen LogP contribution in [0.4, 0.5) is 5.69 Å². The molecule has 0 aromatic heterocycles. The lowest BCUT2D eigenvalue weighted by molar-refractivity contribution is 0.145. The second-order valence-electron chi connectivity index (χ2n) is 8.20. The number of halogens is 1. The summed E-state index contributed by atoms with van der Waals surface area (Å²) in [7, 11) is 0. The van der Waals surface area contributed by atoms with Gasteiger partial charge in [0.2, 0.25) is 0 Å². The summed E-state index contributed by atoms with van der Waals surface area (Å²) in [6.45, 7) is 4.66. The normalized spacial score (nSPS) is 25.3. The Kier molecular flexibility index (Phi) is 4.42. The maximum Gasteiger partial charge on any atom is 0.0409 e. The summed E-state index contributed by atoms with van der Waals surface area (Å²) in [6.07, 6.45) is 6.66. The molecule has 0 saturated carbocycles. The van der Waals surface area contributed by atoms with E-state index in [1.165, 1.54) is 63.0 Å². The Balaban J connectivity index is 1.39. The van der Waals surface area contributed by atoms with Crippen LogP contribution in [0.1, 0.15) is 60.8 Å². The van der Waals surface area contributed by atoms with Gasteiger partial charge in [0, 0.05) is 36.4 Å². The van der Waals surface area contributed by atoms with Crippen LogP contribution >= 0.6 is 11.6 Å². The molecular weight excluding hydrogens is 340 g/mol. The summed E-state index contributed by atoms with van der Waals surface area (Å²) in [5.41, 5.74) is 5.99. The van der Waals surface area contributed by atoms with Crippen LogP contribution in [0.25, 0.3) is 0 Å². The average Bonchev–Trinajstić information content (AvgIpc) is 2.97. The number of hydrogen-bond donors (Lipinski definition) is 0. The van der Waals surface area contributed by atoms with Gasteiger partial charge in [-0.1, -0.05) is 29.8 Å².